The van der Waals surface area contributed by atoms with Gasteiger partial charge in [0, 0.05) is 43.5 Å². The molecule has 5 nitrogen and oxygen atoms in total. The maximum Gasteiger partial charge on any atom is 0.126 e. The number of fused-ring (bicyclic) bond motifs is 1. The van der Waals surface area contributed by atoms with Crippen LogP contribution in [0.15, 0.2) is 67.5 Å². The van der Waals surface area contributed by atoms with Crippen molar-refractivity contribution in [3.63, 3.8) is 0 Å². The monoisotopic (exact) mass is 413 g/mol. The average molecular weight is 414 g/mol. The summed E-state index contributed by atoms with van der Waals surface area (Å²) in [6, 6.07) is 16.9. The molecule has 2 aromatic heterocycles. The van der Waals surface area contributed by atoms with Crippen molar-refractivity contribution in [3.05, 3.63) is 84.3 Å². The van der Waals surface area contributed by atoms with E-state index in [1.807, 2.05) is 37.2 Å². The van der Waals surface area contributed by atoms with Crippen molar-refractivity contribution in [1.29, 1.82) is 0 Å². The first kappa shape index (κ1) is 22.2. The van der Waals surface area contributed by atoms with Crippen LogP contribution < -0.4 is 5.32 Å². The molecule has 0 amide bonds. The van der Waals surface area contributed by atoms with Crippen LogP contribution in [0, 0.1) is 6.92 Å². The number of nitrogens with one attached hydrogen (secondary N) is 1. The molecule has 1 N–H and O–H groups in total. The van der Waals surface area contributed by atoms with Gasteiger partial charge in [0.15, 0.2) is 0 Å². The zero-order valence-electron chi connectivity index (χ0n) is 19.1. The lowest BCUT2D eigenvalue weighted by Gasteiger charge is -2.09. The molecule has 5 heteroatoms. The number of rotatable bonds is 5. The van der Waals surface area contributed by atoms with Crippen LogP contribution in [0.3, 0.4) is 0 Å². The number of aryl methyl sites for hydroxylation is 1. The predicted molar refractivity (Wildman–Crippen MR) is 132 cm³/mol. The molecule has 2 aromatic carbocycles. The Hall–Kier alpha value is -3.44. The van der Waals surface area contributed by atoms with Gasteiger partial charge < -0.3 is 10.2 Å². The Bertz CT molecular complexity index is 1160. The summed E-state index contributed by atoms with van der Waals surface area (Å²) >= 11 is 0. The summed E-state index contributed by atoms with van der Waals surface area (Å²) in [7, 11) is 7.98. The minimum Gasteiger partial charge on any atom is -0.373 e. The number of hydrogen-bond donors (Lipinski definition) is 1. The van der Waals surface area contributed by atoms with E-state index in [1.165, 1.54) is 33.3 Å². The van der Waals surface area contributed by atoms with Gasteiger partial charge in [-0.25, -0.2) is 4.98 Å². The van der Waals surface area contributed by atoms with Crippen LogP contribution in [-0.4, -0.2) is 40.8 Å². The second kappa shape index (κ2) is 10.0. The van der Waals surface area contributed by atoms with Crippen LogP contribution in [0.2, 0.25) is 0 Å². The Balaban J connectivity index is 0.000000196. The van der Waals surface area contributed by atoms with E-state index in [-0.39, 0.29) is 0 Å². The third-order valence-electron chi connectivity index (χ3n) is 5.24. The summed E-state index contributed by atoms with van der Waals surface area (Å²) < 4.78 is 1.89. The zero-order chi connectivity index (χ0) is 22.4. The summed E-state index contributed by atoms with van der Waals surface area (Å²) in [5, 5.41) is 9.69. The SMILES string of the molecule is C=Cc1ccc(CN(C)C)cc1.CNc1cc2cc(-c3cnn(C)c3C)ccc2cn1. The Labute approximate surface area is 185 Å². The third kappa shape index (κ3) is 5.58. The number of nitrogens with zero attached hydrogens (tertiary/aromatic N) is 4. The molecular weight excluding hydrogens is 382 g/mol. The van der Waals surface area contributed by atoms with Crippen LogP contribution in [-0.2, 0) is 13.6 Å². The Morgan fingerprint density at radius 2 is 1.77 bits per heavy atom. The first-order chi connectivity index (χ1) is 14.9. The molecule has 31 heavy (non-hydrogen) atoms. The van der Waals surface area contributed by atoms with E-state index in [0.717, 1.165) is 17.7 Å². The molecular formula is C26H31N5. The molecule has 0 saturated carbocycles. The first-order valence-corrected chi connectivity index (χ1v) is 10.3. The fourth-order valence-corrected chi connectivity index (χ4v) is 3.35. The topological polar surface area (TPSA) is 46.0 Å². The summed E-state index contributed by atoms with van der Waals surface area (Å²) in [5.41, 5.74) is 6.05. The van der Waals surface area contributed by atoms with Gasteiger partial charge in [-0.2, -0.15) is 5.10 Å². The lowest BCUT2D eigenvalue weighted by molar-refractivity contribution is 0.402. The minimum absolute atomic E-state index is 0.882. The molecule has 0 bridgehead atoms. The Morgan fingerprint density at radius 1 is 1.03 bits per heavy atom. The van der Waals surface area contributed by atoms with Crippen molar-refractivity contribution < 1.29 is 0 Å². The highest BCUT2D eigenvalue weighted by atomic mass is 15.3. The fourth-order valence-electron chi connectivity index (χ4n) is 3.35. The van der Waals surface area contributed by atoms with Gasteiger partial charge in [-0.3, -0.25) is 4.68 Å². The largest absolute Gasteiger partial charge is 0.373 e. The van der Waals surface area contributed by atoms with E-state index in [2.05, 4.69) is 96.4 Å². The maximum absolute atomic E-state index is 4.32. The molecule has 0 atom stereocenters. The highest BCUT2D eigenvalue weighted by molar-refractivity contribution is 5.88. The molecule has 0 spiro atoms. The highest BCUT2D eigenvalue weighted by Crippen LogP contribution is 2.27. The number of aromatic nitrogens is 3. The Morgan fingerprint density at radius 3 is 2.35 bits per heavy atom. The molecule has 4 aromatic rings. The Kier molecular flexibility index (Phi) is 7.21. The van der Waals surface area contributed by atoms with Crippen LogP contribution in [0.4, 0.5) is 5.82 Å². The van der Waals surface area contributed by atoms with Crippen molar-refractivity contribution in [2.75, 3.05) is 26.5 Å². The van der Waals surface area contributed by atoms with Crippen molar-refractivity contribution in [1.82, 2.24) is 19.7 Å². The lowest BCUT2D eigenvalue weighted by Crippen LogP contribution is -2.10. The van der Waals surface area contributed by atoms with Crippen molar-refractivity contribution in [3.8, 4) is 11.1 Å². The first-order valence-electron chi connectivity index (χ1n) is 10.3. The van der Waals surface area contributed by atoms with Crippen LogP contribution in [0.1, 0.15) is 16.8 Å². The van der Waals surface area contributed by atoms with Gasteiger partial charge in [0.05, 0.1) is 6.20 Å². The van der Waals surface area contributed by atoms with Gasteiger partial charge in [-0.1, -0.05) is 49.1 Å². The highest BCUT2D eigenvalue weighted by Gasteiger charge is 2.07. The van der Waals surface area contributed by atoms with E-state index in [0.29, 0.717) is 0 Å². The second-order valence-electron chi connectivity index (χ2n) is 7.83. The van der Waals surface area contributed by atoms with E-state index in [9.17, 15) is 0 Å². The standard InChI is InChI=1S/C15H16N4.C11H15N/c1-10-14(9-18-19(10)3)11-4-5-12-8-17-15(16-2)7-13(12)6-11;1-4-10-5-7-11(8-6-10)9-12(2)3/h4-9H,1-3H3,(H,16,17);4-8H,1,9H2,2-3H3. The predicted octanol–water partition coefficient (Wildman–Crippen LogP) is 5.38. The summed E-state index contributed by atoms with van der Waals surface area (Å²) in [4.78, 5) is 6.48. The summed E-state index contributed by atoms with van der Waals surface area (Å²) in [6.45, 7) is 6.79. The summed E-state index contributed by atoms with van der Waals surface area (Å²) in [6.07, 6.45) is 5.66. The molecule has 0 radical (unpaired) electrons. The van der Waals surface area contributed by atoms with Crippen LogP contribution in [0.25, 0.3) is 28.0 Å². The molecule has 0 aliphatic heterocycles. The van der Waals surface area contributed by atoms with Crippen molar-refractivity contribution >= 4 is 22.7 Å². The smallest absolute Gasteiger partial charge is 0.126 e. The van der Waals surface area contributed by atoms with Gasteiger partial charge in [0.1, 0.15) is 5.82 Å². The normalized spacial score (nSPS) is 10.6. The van der Waals surface area contributed by atoms with Crippen LogP contribution in [0.5, 0.6) is 0 Å². The number of anilines is 1. The molecule has 0 aliphatic carbocycles. The summed E-state index contributed by atoms with van der Waals surface area (Å²) in [5.74, 6) is 0.882. The molecule has 0 fully saturated rings. The van der Waals surface area contributed by atoms with E-state index in [1.54, 1.807) is 0 Å². The zero-order valence-corrected chi connectivity index (χ0v) is 19.1. The number of hydrogen-bond acceptors (Lipinski definition) is 4. The van der Waals surface area contributed by atoms with Crippen molar-refractivity contribution in [2.45, 2.75) is 13.5 Å². The number of benzene rings is 2. The number of pyridine rings is 1. The average Bonchev–Trinajstić information content (AvgIpc) is 3.12. The van der Waals surface area contributed by atoms with E-state index >= 15 is 0 Å². The quantitative estimate of drug-likeness (QED) is 0.477. The molecule has 0 saturated heterocycles. The maximum atomic E-state index is 4.32. The fraction of sp³-hybridized carbons (Fsp3) is 0.231. The molecule has 0 unspecified atom stereocenters. The lowest BCUT2D eigenvalue weighted by atomic mass is 10.0. The van der Waals surface area contributed by atoms with E-state index in [4.69, 9.17) is 0 Å². The third-order valence-corrected chi connectivity index (χ3v) is 5.24. The molecule has 160 valence electrons. The second-order valence-corrected chi connectivity index (χ2v) is 7.83. The van der Waals surface area contributed by atoms with Gasteiger partial charge in [-0.05, 0) is 55.2 Å². The van der Waals surface area contributed by atoms with Crippen LogP contribution >= 0.6 is 0 Å². The van der Waals surface area contributed by atoms with Gasteiger partial charge in [0.2, 0.25) is 0 Å². The molecule has 2 heterocycles. The van der Waals surface area contributed by atoms with E-state index < -0.39 is 0 Å². The molecule has 4 rings (SSSR count). The minimum atomic E-state index is 0.882. The van der Waals surface area contributed by atoms with Gasteiger partial charge in [-0.15, -0.1) is 0 Å². The molecule has 0 aliphatic rings. The van der Waals surface area contributed by atoms with Gasteiger partial charge >= 0.3 is 0 Å². The van der Waals surface area contributed by atoms with Crippen molar-refractivity contribution in [2.24, 2.45) is 7.05 Å². The van der Waals surface area contributed by atoms with Gasteiger partial charge in [0.25, 0.3) is 0 Å².